The van der Waals surface area contributed by atoms with Crippen molar-refractivity contribution in [3.63, 3.8) is 0 Å². The molecule has 0 atom stereocenters. The number of non-ortho nitro benzene ring substituents is 1. The van der Waals surface area contributed by atoms with Crippen LogP contribution in [0, 0.1) is 10.1 Å². The molecule has 2 aromatic carbocycles. The molecule has 7 heteroatoms. The van der Waals surface area contributed by atoms with E-state index in [-0.39, 0.29) is 18.2 Å². The lowest BCUT2D eigenvalue weighted by atomic mass is 10.3. The fraction of sp³-hybridized carbons (Fsp3) is 0.278. The number of rotatable bonds is 9. The highest BCUT2D eigenvalue weighted by Crippen LogP contribution is 2.19. The number of carbonyl (C=O) groups is 1. The Morgan fingerprint density at radius 2 is 1.88 bits per heavy atom. The van der Waals surface area contributed by atoms with E-state index in [0.717, 1.165) is 12.8 Å². The van der Waals surface area contributed by atoms with E-state index in [0.29, 0.717) is 23.8 Å². The van der Waals surface area contributed by atoms with Gasteiger partial charge in [0.2, 0.25) is 0 Å². The van der Waals surface area contributed by atoms with Gasteiger partial charge in [-0.25, -0.2) is 0 Å². The van der Waals surface area contributed by atoms with Crippen molar-refractivity contribution in [1.29, 1.82) is 0 Å². The second-order valence-corrected chi connectivity index (χ2v) is 5.32. The minimum absolute atomic E-state index is 0.0308. The predicted octanol–water partition coefficient (Wildman–Crippen LogP) is 3.79. The molecule has 0 unspecified atom stereocenters. The molecule has 0 heterocycles. The molecule has 2 aromatic rings. The number of carbonyl (C=O) groups excluding carboxylic acids is 1. The smallest absolute Gasteiger partial charge is 0.269 e. The van der Waals surface area contributed by atoms with E-state index in [1.807, 2.05) is 6.07 Å². The molecule has 0 saturated carbocycles. The number of hydrogen-bond donors (Lipinski definition) is 1. The van der Waals surface area contributed by atoms with Crippen molar-refractivity contribution in [3.05, 3.63) is 58.6 Å². The van der Waals surface area contributed by atoms with E-state index in [1.165, 1.54) is 24.3 Å². The van der Waals surface area contributed by atoms with Crippen molar-refractivity contribution in [3.8, 4) is 11.5 Å². The summed E-state index contributed by atoms with van der Waals surface area (Å²) >= 11 is 0. The van der Waals surface area contributed by atoms with Gasteiger partial charge in [-0.05, 0) is 30.7 Å². The van der Waals surface area contributed by atoms with Crippen LogP contribution in [0.3, 0.4) is 0 Å². The molecule has 0 bridgehead atoms. The topological polar surface area (TPSA) is 90.7 Å². The first-order valence-corrected chi connectivity index (χ1v) is 7.98. The van der Waals surface area contributed by atoms with Crippen LogP contribution in [0.4, 0.5) is 11.4 Å². The molecule has 0 aliphatic carbocycles. The Labute approximate surface area is 145 Å². The maximum absolute atomic E-state index is 11.9. The zero-order valence-electron chi connectivity index (χ0n) is 13.9. The second kappa shape index (κ2) is 9.27. The average molecular weight is 344 g/mol. The Kier molecular flexibility index (Phi) is 6.76. The number of nitrogens with one attached hydrogen (secondary N) is 1. The van der Waals surface area contributed by atoms with Gasteiger partial charge in [0.05, 0.1) is 11.5 Å². The van der Waals surface area contributed by atoms with E-state index >= 15 is 0 Å². The first kappa shape index (κ1) is 18.3. The number of unbranched alkanes of at least 4 members (excludes halogenated alkanes) is 1. The summed E-state index contributed by atoms with van der Waals surface area (Å²) in [6.45, 7) is 2.53. The van der Waals surface area contributed by atoms with Gasteiger partial charge in [-0.3, -0.25) is 14.9 Å². The highest BCUT2D eigenvalue weighted by molar-refractivity contribution is 5.92. The van der Waals surface area contributed by atoms with Gasteiger partial charge in [-0.1, -0.05) is 19.4 Å². The largest absolute Gasteiger partial charge is 0.494 e. The molecule has 0 saturated heterocycles. The number of hydrogen-bond acceptors (Lipinski definition) is 5. The number of nitro groups is 1. The van der Waals surface area contributed by atoms with Crippen molar-refractivity contribution >= 4 is 17.3 Å². The van der Waals surface area contributed by atoms with E-state index in [1.54, 1.807) is 18.2 Å². The maximum Gasteiger partial charge on any atom is 0.269 e. The summed E-state index contributed by atoms with van der Waals surface area (Å²) in [5.41, 5.74) is 0.586. The van der Waals surface area contributed by atoms with E-state index in [2.05, 4.69) is 12.2 Å². The number of amides is 1. The van der Waals surface area contributed by atoms with Crippen LogP contribution in [-0.4, -0.2) is 24.0 Å². The van der Waals surface area contributed by atoms with Crippen LogP contribution in [0.25, 0.3) is 0 Å². The van der Waals surface area contributed by atoms with E-state index < -0.39 is 4.92 Å². The summed E-state index contributed by atoms with van der Waals surface area (Å²) in [6.07, 6.45) is 2.02. The van der Waals surface area contributed by atoms with Crippen LogP contribution >= 0.6 is 0 Å². The maximum atomic E-state index is 11.9. The van der Waals surface area contributed by atoms with Crippen molar-refractivity contribution in [1.82, 2.24) is 0 Å². The van der Waals surface area contributed by atoms with Gasteiger partial charge < -0.3 is 14.8 Å². The molecule has 0 aliphatic heterocycles. The molecule has 0 fully saturated rings. The average Bonchev–Trinajstić information content (AvgIpc) is 2.61. The molecule has 132 valence electrons. The summed E-state index contributed by atoms with van der Waals surface area (Å²) in [5, 5.41) is 13.3. The standard InChI is InChI=1S/C18H20N2O5/c1-2-3-11-24-17-6-4-5-14(12-17)19-18(21)13-25-16-9-7-15(8-10-16)20(22)23/h4-10,12H,2-3,11,13H2,1H3,(H,19,21). The molecular formula is C18H20N2O5. The highest BCUT2D eigenvalue weighted by atomic mass is 16.6. The van der Waals surface area contributed by atoms with Crippen molar-refractivity contribution in [2.45, 2.75) is 19.8 Å². The summed E-state index contributed by atoms with van der Waals surface area (Å²) in [4.78, 5) is 22.0. The van der Waals surface area contributed by atoms with Gasteiger partial charge >= 0.3 is 0 Å². The molecule has 1 N–H and O–H groups in total. The molecule has 0 spiro atoms. The fourth-order valence-corrected chi connectivity index (χ4v) is 2.01. The van der Waals surface area contributed by atoms with Crippen molar-refractivity contribution in [2.75, 3.05) is 18.5 Å². The van der Waals surface area contributed by atoms with Gasteiger partial charge in [0.15, 0.2) is 6.61 Å². The van der Waals surface area contributed by atoms with Crippen molar-refractivity contribution in [2.24, 2.45) is 0 Å². The first-order chi connectivity index (χ1) is 12.1. The first-order valence-electron chi connectivity index (χ1n) is 7.98. The fourth-order valence-electron chi connectivity index (χ4n) is 2.01. The van der Waals surface area contributed by atoms with Crippen LogP contribution in [0.5, 0.6) is 11.5 Å². The normalized spacial score (nSPS) is 10.1. The predicted molar refractivity (Wildman–Crippen MR) is 94.1 cm³/mol. The number of nitro benzene ring substituents is 1. The summed E-state index contributed by atoms with van der Waals surface area (Å²) < 4.78 is 10.9. The molecule has 2 rings (SSSR count). The molecule has 1 amide bonds. The SMILES string of the molecule is CCCCOc1cccc(NC(=O)COc2ccc([N+](=O)[O-])cc2)c1. The van der Waals surface area contributed by atoms with Crippen LogP contribution in [0.2, 0.25) is 0 Å². The second-order valence-electron chi connectivity index (χ2n) is 5.32. The van der Waals surface area contributed by atoms with Gasteiger partial charge in [-0.2, -0.15) is 0 Å². The van der Waals surface area contributed by atoms with E-state index in [4.69, 9.17) is 9.47 Å². The molecule has 25 heavy (non-hydrogen) atoms. The van der Waals surface area contributed by atoms with Crippen LogP contribution in [0.15, 0.2) is 48.5 Å². The monoisotopic (exact) mass is 344 g/mol. The Hall–Kier alpha value is -3.09. The van der Waals surface area contributed by atoms with Crippen LogP contribution in [-0.2, 0) is 4.79 Å². The quantitative estimate of drug-likeness (QED) is 0.424. The van der Waals surface area contributed by atoms with Crippen molar-refractivity contribution < 1.29 is 19.2 Å². The molecule has 0 aromatic heterocycles. The molecule has 0 aliphatic rings. The summed E-state index contributed by atoms with van der Waals surface area (Å²) in [7, 11) is 0. The zero-order chi connectivity index (χ0) is 18.1. The van der Waals surface area contributed by atoms with Crippen LogP contribution in [0.1, 0.15) is 19.8 Å². The third-order valence-electron chi connectivity index (χ3n) is 3.30. The number of anilines is 1. The van der Waals surface area contributed by atoms with E-state index in [9.17, 15) is 14.9 Å². The summed E-state index contributed by atoms with van der Waals surface area (Å²) in [6, 6.07) is 12.7. The Morgan fingerprint density at radius 3 is 2.56 bits per heavy atom. The van der Waals surface area contributed by atoms with Gasteiger partial charge in [0, 0.05) is 23.9 Å². The van der Waals surface area contributed by atoms with Gasteiger partial charge in [-0.15, -0.1) is 0 Å². The number of nitrogens with zero attached hydrogens (tertiary/aromatic N) is 1. The third kappa shape index (κ3) is 6.14. The number of ether oxygens (including phenoxy) is 2. The molecule has 0 radical (unpaired) electrons. The lowest BCUT2D eigenvalue weighted by Gasteiger charge is -2.10. The van der Waals surface area contributed by atoms with Crippen LogP contribution < -0.4 is 14.8 Å². The molecule has 7 nitrogen and oxygen atoms in total. The minimum atomic E-state index is -0.494. The Morgan fingerprint density at radius 1 is 1.12 bits per heavy atom. The van der Waals surface area contributed by atoms with Gasteiger partial charge in [0.25, 0.3) is 11.6 Å². The highest BCUT2D eigenvalue weighted by Gasteiger charge is 2.07. The lowest BCUT2D eigenvalue weighted by Crippen LogP contribution is -2.20. The minimum Gasteiger partial charge on any atom is -0.494 e. The molecular weight excluding hydrogens is 324 g/mol. The number of benzene rings is 2. The van der Waals surface area contributed by atoms with Gasteiger partial charge in [0.1, 0.15) is 11.5 Å². The Bertz CT molecular complexity index is 716. The lowest BCUT2D eigenvalue weighted by molar-refractivity contribution is -0.384. The zero-order valence-corrected chi connectivity index (χ0v) is 13.9. The summed E-state index contributed by atoms with van der Waals surface area (Å²) in [5.74, 6) is 0.754. The third-order valence-corrected chi connectivity index (χ3v) is 3.30. The Balaban J connectivity index is 1.83.